The highest BCUT2D eigenvalue weighted by Crippen LogP contribution is 2.22. The zero-order chi connectivity index (χ0) is 19.0. The molecular weight excluding hydrogens is 356 g/mol. The third-order valence-corrected chi connectivity index (χ3v) is 4.24. The van der Waals surface area contributed by atoms with Crippen molar-refractivity contribution in [3.05, 3.63) is 66.1 Å². The molecule has 2 aromatic heterocycles. The smallest absolute Gasteiger partial charge is 0.259 e. The summed E-state index contributed by atoms with van der Waals surface area (Å²) < 4.78 is 30.3. The molecule has 0 saturated carbocycles. The van der Waals surface area contributed by atoms with E-state index in [0.29, 0.717) is 18.9 Å². The van der Waals surface area contributed by atoms with Crippen molar-refractivity contribution in [3.63, 3.8) is 0 Å². The molecule has 1 aliphatic rings. The molecule has 27 heavy (non-hydrogen) atoms. The van der Waals surface area contributed by atoms with Crippen molar-refractivity contribution in [3.8, 4) is 11.5 Å². The molecule has 3 aromatic rings. The molecule has 1 aromatic carbocycles. The largest absolute Gasteiger partial charge is 0.353 e. The minimum atomic E-state index is -0.750. The zero-order valence-corrected chi connectivity index (χ0v) is 14.1. The van der Waals surface area contributed by atoms with E-state index in [1.807, 2.05) is 0 Å². The molecular formula is C18H15F2N5O2. The van der Waals surface area contributed by atoms with Gasteiger partial charge in [-0.2, -0.15) is 5.10 Å². The quantitative estimate of drug-likeness (QED) is 0.759. The maximum atomic E-state index is 13.7. The summed E-state index contributed by atoms with van der Waals surface area (Å²) in [5.74, 6) is -1.78. The zero-order valence-electron chi connectivity index (χ0n) is 14.1. The molecule has 1 saturated heterocycles. The van der Waals surface area contributed by atoms with Crippen molar-refractivity contribution in [2.75, 3.05) is 19.6 Å². The Morgan fingerprint density at radius 3 is 2.48 bits per heavy atom. The second kappa shape index (κ2) is 6.67. The normalized spacial score (nSPS) is 14.3. The number of nitrogens with one attached hydrogen (secondary N) is 1. The van der Waals surface area contributed by atoms with Crippen molar-refractivity contribution in [1.82, 2.24) is 24.6 Å². The Morgan fingerprint density at radius 1 is 1.11 bits per heavy atom. The van der Waals surface area contributed by atoms with Crippen molar-refractivity contribution in [2.45, 2.75) is 0 Å². The van der Waals surface area contributed by atoms with Gasteiger partial charge in [0, 0.05) is 31.5 Å². The maximum Gasteiger partial charge on any atom is 0.259 e. The number of piperazine rings is 1. The van der Waals surface area contributed by atoms with Crippen LogP contribution in [-0.2, 0) is 4.79 Å². The van der Waals surface area contributed by atoms with Crippen LogP contribution in [0.2, 0.25) is 0 Å². The number of halogens is 2. The number of hydrogen-bond acceptors (Lipinski definition) is 3. The predicted molar refractivity (Wildman–Crippen MR) is 91.7 cm³/mol. The van der Waals surface area contributed by atoms with E-state index in [1.165, 1.54) is 15.8 Å². The average Bonchev–Trinajstić information content (AvgIpc) is 3.29. The fourth-order valence-corrected chi connectivity index (χ4v) is 3.05. The number of carbonyl (C=O) groups is 2. The van der Waals surface area contributed by atoms with Gasteiger partial charge in [-0.1, -0.05) is 0 Å². The van der Waals surface area contributed by atoms with Gasteiger partial charge in [0.2, 0.25) is 5.91 Å². The molecule has 1 N–H and O–H groups in total. The fraction of sp³-hybridized carbons (Fsp3) is 0.167. The minimum Gasteiger partial charge on any atom is -0.353 e. The topological polar surface area (TPSA) is 72.2 Å². The second-order valence-electron chi connectivity index (χ2n) is 6.09. The van der Waals surface area contributed by atoms with E-state index in [2.05, 4.69) is 10.4 Å². The van der Waals surface area contributed by atoms with Crippen molar-refractivity contribution < 1.29 is 18.4 Å². The Balaban J connectivity index is 1.82. The Labute approximate surface area is 152 Å². The lowest BCUT2D eigenvalue weighted by atomic mass is 10.2. The van der Waals surface area contributed by atoms with E-state index in [4.69, 9.17) is 0 Å². The number of carbonyl (C=O) groups excluding carboxylic acids is 2. The molecule has 0 bridgehead atoms. The van der Waals surface area contributed by atoms with Crippen molar-refractivity contribution in [2.24, 2.45) is 0 Å². The van der Waals surface area contributed by atoms with Gasteiger partial charge in [-0.3, -0.25) is 9.59 Å². The van der Waals surface area contributed by atoms with Crippen LogP contribution in [0.1, 0.15) is 10.4 Å². The standard InChI is InChI=1S/C18H15F2N5O2/c19-12-7-13(20)9-14(8-12)25-17(23-4-1-2-5-23)15(10-22-25)18(27)24-6-3-21-16(26)11-24/h1-2,4-5,7-10H,3,6,11H2,(H,21,26). The van der Waals surface area contributed by atoms with Gasteiger partial charge in [0.25, 0.3) is 5.91 Å². The molecule has 4 rings (SSSR count). The van der Waals surface area contributed by atoms with E-state index in [-0.39, 0.29) is 29.6 Å². The minimum absolute atomic E-state index is 0.0519. The third kappa shape index (κ3) is 3.19. The predicted octanol–water partition coefficient (Wildman–Crippen LogP) is 1.51. The van der Waals surface area contributed by atoms with E-state index < -0.39 is 11.6 Å². The van der Waals surface area contributed by atoms with Crippen molar-refractivity contribution in [1.29, 1.82) is 0 Å². The number of amides is 2. The highest BCUT2D eigenvalue weighted by Gasteiger charge is 2.27. The summed E-state index contributed by atoms with van der Waals surface area (Å²) in [6, 6.07) is 6.54. The SMILES string of the molecule is O=C1CN(C(=O)c2cnn(-c3cc(F)cc(F)c3)c2-n2cccc2)CCN1. The van der Waals surface area contributed by atoms with Gasteiger partial charge in [-0.15, -0.1) is 0 Å². The first-order valence-electron chi connectivity index (χ1n) is 8.27. The van der Waals surface area contributed by atoms with Gasteiger partial charge in [0.05, 0.1) is 18.4 Å². The van der Waals surface area contributed by atoms with Crippen LogP contribution < -0.4 is 5.32 Å². The molecule has 1 aliphatic heterocycles. The van der Waals surface area contributed by atoms with E-state index >= 15 is 0 Å². The third-order valence-electron chi connectivity index (χ3n) is 4.24. The summed E-state index contributed by atoms with van der Waals surface area (Å²) in [4.78, 5) is 26.0. The molecule has 138 valence electrons. The lowest BCUT2D eigenvalue weighted by molar-refractivity contribution is -0.123. The maximum absolute atomic E-state index is 13.7. The number of benzene rings is 1. The Bertz CT molecular complexity index is 993. The fourth-order valence-electron chi connectivity index (χ4n) is 3.05. The number of hydrogen-bond donors (Lipinski definition) is 1. The van der Waals surface area contributed by atoms with Gasteiger partial charge in [-0.05, 0) is 24.3 Å². The van der Waals surface area contributed by atoms with Gasteiger partial charge < -0.3 is 14.8 Å². The van der Waals surface area contributed by atoms with Crippen LogP contribution in [0.5, 0.6) is 0 Å². The number of rotatable bonds is 3. The summed E-state index contributed by atoms with van der Waals surface area (Å²) in [5.41, 5.74) is 0.372. The molecule has 2 amide bonds. The average molecular weight is 371 g/mol. The first-order chi connectivity index (χ1) is 13.0. The second-order valence-corrected chi connectivity index (χ2v) is 6.09. The number of aromatic nitrogens is 3. The first kappa shape index (κ1) is 17.0. The van der Waals surface area contributed by atoms with Crippen molar-refractivity contribution >= 4 is 11.8 Å². The van der Waals surface area contributed by atoms with E-state index in [0.717, 1.165) is 18.2 Å². The highest BCUT2D eigenvalue weighted by molar-refractivity contribution is 5.99. The van der Waals surface area contributed by atoms with Gasteiger partial charge in [0.15, 0.2) is 5.82 Å². The molecule has 0 spiro atoms. The molecule has 0 atom stereocenters. The van der Waals surface area contributed by atoms with Gasteiger partial charge in [-0.25, -0.2) is 13.5 Å². The Morgan fingerprint density at radius 2 is 1.81 bits per heavy atom. The van der Waals surface area contributed by atoms with Crippen LogP contribution in [0.3, 0.4) is 0 Å². The summed E-state index contributed by atoms with van der Waals surface area (Å²) in [7, 11) is 0. The lowest BCUT2D eigenvalue weighted by Gasteiger charge is -2.26. The van der Waals surface area contributed by atoms with Crippen LogP contribution in [-0.4, -0.2) is 50.7 Å². The van der Waals surface area contributed by atoms with E-state index in [1.54, 1.807) is 29.1 Å². The number of nitrogens with zero attached hydrogens (tertiary/aromatic N) is 4. The molecule has 3 heterocycles. The Hall–Kier alpha value is -3.49. The first-order valence-corrected chi connectivity index (χ1v) is 8.27. The Kier molecular flexibility index (Phi) is 4.19. The molecule has 0 unspecified atom stereocenters. The lowest BCUT2D eigenvalue weighted by Crippen LogP contribution is -2.50. The van der Waals surface area contributed by atoms with Crippen LogP contribution >= 0.6 is 0 Å². The summed E-state index contributed by atoms with van der Waals surface area (Å²) in [6.45, 7) is 0.686. The van der Waals surface area contributed by atoms with Gasteiger partial charge >= 0.3 is 0 Å². The molecule has 7 nitrogen and oxygen atoms in total. The van der Waals surface area contributed by atoms with Crippen LogP contribution in [0.25, 0.3) is 11.5 Å². The summed E-state index contributed by atoms with van der Waals surface area (Å²) in [5, 5.41) is 6.84. The van der Waals surface area contributed by atoms with Gasteiger partial charge in [0.1, 0.15) is 17.2 Å². The molecule has 1 fully saturated rings. The molecule has 9 heteroatoms. The van der Waals surface area contributed by atoms with Crippen LogP contribution in [0.4, 0.5) is 8.78 Å². The molecule has 0 aliphatic carbocycles. The van der Waals surface area contributed by atoms with Crippen LogP contribution in [0, 0.1) is 11.6 Å². The molecule has 0 radical (unpaired) electrons. The van der Waals surface area contributed by atoms with E-state index in [9.17, 15) is 18.4 Å². The van der Waals surface area contributed by atoms with Crippen LogP contribution in [0.15, 0.2) is 48.9 Å². The summed E-state index contributed by atoms with van der Waals surface area (Å²) in [6.07, 6.45) is 4.73. The highest BCUT2D eigenvalue weighted by atomic mass is 19.1. The summed E-state index contributed by atoms with van der Waals surface area (Å²) >= 11 is 0. The monoisotopic (exact) mass is 371 g/mol.